The summed E-state index contributed by atoms with van der Waals surface area (Å²) in [6, 6.07) is 0. The third-order valence-corrected chi connectivity index (χ3v) is 3.63. The van der Waals surface area contributed by atoms with Crippen molar-refractivity contribution in [3.05, 3.63) is 17.0 Å². The number of hydrogen-bond donors (Lipinski definition) is 1. The molecule has 76 valence electrons. The number of aromatic carboxylic acids is 1. The van der Waals surface area contributed by atoms with Crippen LogP contribution in [0, 0.1) is 0 Å². The molecule has 1 aliphatic heterocycles. The van der Waals surface area contributed by atoms with Crippen LogP contribution in [-0.4, -0.2) is 30.4 Å². The monoisotopic (exact) mass is 217 g/mol. The molecule has 0 radical (unpaired) electrons. The van der Waals surface area contributed by atoms with E-state index in [0.717, 1.165) is 0 Å². The van der Waals surface area contributed by atoms with Gasteiger partial charge in [0.25, 0.3) is 0 Å². The van der Waals surface area contributed by atoms with Crippen LogP contribution in [-0.2, 0) is 22.0 Å². The highest BCUT2D eigenvalue weighted by Gasteiger charge is 2.30. The predicted octanol–water partition coefficient (Wildman–Crippen LogP) is -0.156. The van der Waals surface area contributed by atoms with Crippen molar-refractivity contribution < 1.29 is 22.8 Å². The summed E-state index contributed by atoms with van der Waals surface area (Å²) in [4.78, 5) is 10.6. The topological polar surface area (TPSA) is 97.5 Å². The lowest BCUT2D eigenvalue weighted by molar-refractivity contribution is 0.0685. The highest BCUT2D eigenvalue weighted by molar-refractivity contribution is 7.90. The molecule has 7 heteroatoms. The van der Waals surface area contributed by atoms with Crippen LogP contribution in [0.15, 0.2) is 4.52 Å². The Morgan fingerprint density at radius 1 is 1.50 bits per heavy atom. The average Bonchev–Trinajstić information content (AvgIpc) is 2.44. The Hall–Kier alpha value is -1.37. The van der Waals surface area contributed by atoms with E-state index in [2.05, 4.69) is 5.16 Å². The zero-order chi connectivity index (χ0) is 10.3. The molecule has 0 spiro atoms. The molecule has 2 heterocycles. The SMILES string of the molecule is O=C(O)c1noc2c1CS(=O)(=O)CC2. The minimum absolute atomic E-state index is 0.00570. The Morgan fingerprint density at radius 3 is 2.86 bits per heavy atom. The van der Waals surface area contributed by atoms with Gasteiger partial charge in [-0.15, -0.1) is 0 Å². The number of rotatable bonds is 1. The van der Waals surface area contributed by atoms with Crippen LogP contribution in [0.2, 0.25) is 0 Å². The van der Waals surface area contributed by atoms with Gasteiger partial charge in [0.1, 0.15) is 5.76 Å². The number of sulfone groups is 1. The second-order valence-corrected chi connectivity index (χ2v) is 5.26. The maximum atomic E-state index is 11.2. The fourth-order valence-electron chi connectivity index (χ4n) is 1.40. The molecular weight excluding hydrogens is 210 g/mol. The molecule has 0 saturated carbocycles. The number of carboxylic acids is 1. The van der Waals surface area contributed by atoms with E-state index in [9.17, 15) is 13.2 Å². The summed E-state index contributed by atoms with van der Waals surface area (Å²) in [6.07, 6.45) is 0.206. The first-order valence-corrected chi connectivity index (χ1v) is 5.73. The van der Waals surface area contributed by atoms with E-state index >= 15 is 0 Å². The molecule has 0 saturated heterocycles. The molecule has 1 N–H and O–H groups in total. The van der Waals surface area contributed by atoms with E-state index in [-0.39, 0.29) is 29.2 Å². The molecule has 0 bridgehead atoms. The minimum Gasteiger partial charge on any atom is -0.476 e. The van der Waals surface area contributed by atoms with Crippen LogP contribution in [0.1, 0.15) is 21.8 Å². The van der Waals surface area contributed by atoms with E-state index in [1.807, 2.05) is 0 Å². The Balaban J connectivity index is 2.53. The van der Waals surface area contributed by atoms with Crippen LogP contribution in [0.25, 0.3) is 0 Å². The van der Waals surface area contributed by atoms with Crippen molar-refractivity contribution in [1.82, 2.24) is 5.16 Å². The number of aromatic nitrogens is 1. The lowest BCUT2D eigenvalue weighted by Gasteiger charge is -2.09. The molecule has 6 nitrogen and oxygen atoms in total. The third-order valence-electron chi connectivity index (χ3n) is 2.08. The van der Waals surface area contributed by atoms with Crippen LogP contribution in [0.5, 0.6) is 0 Å². The van der Waals surface area contributed by atoms with Gasteiger partial charge in [0.2, 0.25) is 0 Å². The molecule has 1 aromatic heterocycles. The van der Waals surface area contributed by atoms with Gasteiger partial charge >= 0.3 is 5.97 Å². The molecule has 2 rings (SSSR count). The van der Waals surface area contributed by atoms with Gasteiger partial charge in [-0.3, -0.25) is 0 Å². The highest BCUT2D eigenvalue weighted by atomic mass is 32.2. The summed E-state index contributed by atoms with van der Waals surface area (Å²) in [5, 5.41) is 12.0. The second kappa shape index (κ2) is 2.81. The minimum atomic E-state index is -3.19. The molecule has 1 aromatic rings. The van der Waals surface area contributed by atoms with E-state index in [1.54, 1.807) is 0 Å². The molecule has 0 amide bonds. The smallest absolute Gasteiger partial charge is 0.358 e. The average molecular weight is 217 g/mol. The van der Waals surface area contributed by atoms with Crippen molar-refractivity contribution in [2.24, 2.45) is 0 Å². The van der Waals surface area contributed by atoms with Crippen LogP contribution in [0.3, 0.4) is 0 Å². The zero-order valence-electron chi connectivity index (χ0n) is 7.06. The van der Waals surface area contributed by atoms with E-state index in [1.165, 1.54) is 0 Å². The summed E-state index contributed by atoms with van der Waals surface area (Å²) in [7, 11) is -3.19. The maximum Gasteiger partial charge on any atom is 0.358 e. The van der Waals surface area contributed by atoms with Crippen molar-refractivity contribution in [1.29, 1.82) is 0 Å². The fraction of sp³-hybridized carbons (Fsp3) is 0.429. The second-order valence-electron chi connectivity index (χ2n) is 3.08. The van der Waals surface area contributed by atoms with Crippen LogP contribution in [0.4, 0.5) is 0 Å². The molecule has 0 aromatic carbocycles. The van der Waals surface area contributed by atoms with Gasteiger partial charge in [-0.2, -0.15) is 0 Å². The Labute approximate surface area is 79.4 Å². The first-order chi connectivity index (χ1) is 6.49. The summed E-state index contributed by atoms with van der Waals surface area (Å²) < 4.78 is 27.2. The van der Waals surface area contributed by atoms with E-state index in [0.29, 0.717) is 5.76 Å². The Bertz CT molecular complexity index is 486. The number of aryl methyl sites for hydroxylation is 1. The summed E-state index contributed by atoms with van der Waals surface area (Å²) in [5.41, 5.74) is -0.0907. The normalized spacial score (nSPS) is 18.9. The molecule has 0 aliphatic carbocycles. The van der Waals surface area contributed by atoms with Gasteiger partial charge in [0.15, 0.2) is 15.5 Å². The van der Waals surface area contributed by atoms with Crippen molar-refractivity contribution in [2.45, 2.75) is 12.2 Å². The van der Waals surface area contributed by atoms with Crippen LogP contribution < -0.4 is 0 Å². The molecule has 1 aliphatic rings. The largest absolute Gasteiger partial charge is 0.476 e. The van der Waals surface area contributed by atoms with Gasteiger partial charge in [0, 0.05) is 12.0 Å². The molecule has 0 atom stereocenters. The number of nitrogens with zero attached hydrogens (tertiary/aromatic N) is 1. The Kier molecular flexibility index (Phi) is 1.84. The molecule has 14 heavy (non-hydrogen) atoms. The zero-order valence-corrected chi connectivity index (χ0v) is 7.87. The van der Waals surface area contributed by atoms with Gasteiger partial charge in [-0.25, -0.2) is 13.2 Å². The van der Waals surface area contributed by atoms with E-state index in [4.69, 9.17) is 9.63 Å². The van der Waals surface area contributed by atoms with Crippen molar-refractivity contribution in [3.8, 4) is 0 Å². The van der Waals surface area contributed by atoms with Crippen molar-refractivity contribution in [2.75, 3.05) is 5.75 Å². The standard InChI is InChI=1S/C7H7NO5S/c9-7(10)6-4-3-14(11,12)2-1-5(4)13-8-6/h1-3H2,(H,9,10). The van der Waals surface area contributed by atoms with Gasteiger partial charge < -0.3 is 9.63 Å². The molecule has 0 fully saturated rings. The quantitative estimate of drug-likeness (QED) is 0.702. The van der Waals surface area contributed by atoms with Crippen LogP contribution >= 0.6 is 0 Å². The first kappa shape index (κ1) is 9.20. The number of carboxylic acid groups (broad SMARTS) is 1. The number of carbonyl (C=O) groups is 1. The number of fused-ring (bicyclic) bond motifs is 1. The maximum absolute atomic E-state index is 11.2. The summed E-state index contributed by atoms with van der Waals surface area (Å²) in [6.45, 7) is 0. The summed E-state index contributed by atoms with van der Waals surface area (Å²) >= 11 is 0. The van der Waals surface area contributed by atoms with E-state index < -0.39 is 15.8 Å². The fourth-order valence-corrected chi connectivity index (χ4v) is 2.78. The number of hydrogen-bond acceptors (Lipinski definition) is 5. The first-order valence-electron chi connectivity index (χ1n) is 3.91. The molecule has 0 unspecified atom stereocenters. The third kappa shape index (κ3) is 1.39. The van der Waals surface area contributed by atoms with Gasteiger partial charge in [0.05, 0.1) is 11.5 Å². The Morgan fingerprint density at radius 2 is 2.21 bits per heavy atom. The van der Waals surface area contributed by atoms with Gasteiger partial charge in [-0.1, -0.05) is 5.16 Å². The lowest BCUT2D eigenvalue weighted by atomic mass is 10.2. The summed E-state index contributed by atoms with van der Waals surface area (Å²) in [5.74, 6) is -1.17. The predicted molar refractivity (Wildman–Crippen MR) is 44.7 cm³/mol. The lowest BCUT2D eigenvalue weighted by Crippen LogP contribution is -2.19. The van der Waals surface area contributed by atoms with Gasteiger partial charge in [-0.05, 0) is 0 Å². The van der Waals surface area contributed by atoms with Crippen molar-refractivity contribution in [3.63, 3.8) is 0 Å². The molecular formula is C7H7NO5S. The van der Waals surface area contributed by atoms with Crippen molar-refractivity contribution >= 4 is 15.8 Å². The highest BCUT2D eigenvalue weighted by Crippen LogP contribution is 2.23.